The van der Waals surface area contributed by atoms with Crippen molar-refractivity contribution in [3.8, 4) is 16.9 Å². The van der Waals surface area contributed by atoms with E-state index in [1.807, 2.05) is 37.7 Å². The van der Waals surface area contributed by atoms with E-state index < -0.39 is 11.9 Å². The molecular formula is C33H39ClN4O4. The monoisotopic (exact) mass is 590 g/mol. The molecule has 0 bridgehead atoms. The average molecular weight is 591 g/mol. The van der Waals surface area contributed by atoms with Crippen molar-refractivity contribution in [3.63, 3.8) is 0 Å². The van der Waals surface area contributed by atoms with Gasteiger partial charge in [-0.15, -0.1) is 0 Å². The van der Waals surface area contributed by atoms with Crippen LogP contribution in [0, 0.1) is 40.5 Å². The van der Waals surface area contributed by atoms with Crippen molar-refractivity contribution in [3.05, 3.63) is 68.6 Å². The Hall–Kier alpha value is -3.78. The van der Waals surface area contributed by atoms with Crippen molar-refractivity contribution < 1.29 is 19.4 Å². The maximum Gasteiger partial charge on any atom is 0.306 e. The van der Waals surface area contributed by atoms with E-state index in [0.29, 0.717) is 49.4 Å². The van der Waals surface area contributed by atoms with E-state index >= 15 is 0 Å². The lowest BCUT2D eigenvalue weighted by Gasteiger charge is -2.13. The highest BCUT2D eigenvalue weighted by atomic mass is 35.5. The molecule has 222 valence electrons. The first-order valence-electron chi connectivity index (χ1n) is 14.5. The molecule has 0 spiro atoms. The third kappa shape index (κ3) is 5.64. The fourth-order valence-electron chi connectivity index (χ4n) is 6.24. The van der Waals surface area contributed by atoms with E-state index in [0.717, 1.165) is 44.7 Å². The maximum atomic E-state index is 13.7. The number of aliphatic carboxylic acids is 1. The van der Waals surface area contributed by atoms with Gasteiger partial charge in [0.25, 0.3) is 5.91 Å². The molecule has 1 amide bonds. The Morgan fingerprint density at radius 1 is 1.12 bits per heavy atom. The predicted molar refractivity (Wildman–Crippen MR) is 166 cm³/mol. The van der Waals surface area contributed by atoms with E-state index in [-0.39, 0.29) is 11.9 Å². The molecule has 4 aromatic rings. The second kappa shape index (κ2) is 11.8. The van der Waals surface area contributed by atoms with Crippen LogP contribution in [0.25, 0.3) is 22.0 Å². The molecule has 9 heteroatoms. The van der Waals surface area contributed by atoms with Gasteiger partial charge in [0, 0.05) is 35.3 Å². The summed E-state index contributed by atoms with van der Waals surface area (Å²) in [7, 11) is 1.90. The second-order valence-electron chi connectivity index (χ2n) is 11.6. The summed E-state index contributed by atoms with van der Waals surface area (Å²) < 4.78 is 7.96. The summed E-state index contributed by atoms with van der Waals surface area (Å²) in [5.74, 6) is -0.618. The van der Waals surface area contributed by atoms with Gasteiger partial charge in [0.2, 0.25) is 0 Å². The Balaban J connectivity index is 1.48. The zero-order valence-electron chi connectivity index (χ0n) is 25.2. The summed E-state index contributed by atoms with van der Waals surface area (Å²) in [6.07, 6.45) is 2.96. The Morgan fingerprint density at radius 3 is 2.45 bits per heavy atom. The number of ether oxygens (including phenoxy) is 1. The van der Waals surface area contributed by atoms with Crippen molar-refractivity contribution in [2.75, 3.05) is 6.61 Å². The minimum Gasteiger partial charge on any atom is -0.494 e. The second-order valence-corrected chi connectivity index (χ2v) is 12.1. The molecule has 2 aromatic carbocycles. The number of aryl methyl sites for hydroxylation is 5. The lowest BCUT2D eigenvalue weighted by molar-refractivity contribution is -0.141. The highest BCUT2D eigenvalue weighted by molar-refractivity contribution is 6.35. The molecule has 1 fully saturated rings. The highest BCUT2D eigenvalue weighted by Crippen LogP contribution is 2.40. The normalized spacial score (nSPS) is 16.7. The van der Waals surface area contributed by atoms with Crippen LogP contribution in [0.1, 0.15) is 69.8 Å². The average Bonchev–Trinajstić information content (AvgIpc) is 3.62. The van der Waals surface area contributed by atoms with Crippen LogP contribution in [0.3, 0.4) is 0 Å². The molecule has 0 aliphatic heterocycles. The van der Waals surface area contributed by atoms with Gasteiger partial charge >= 0.3 is 5.97 Å². The molecule has 42 heavy (non-hydrogen) atoms. The first-order chi connectivity index (χ1) is 20.0. The van der Waals surface area contributed by atoms with Crippen LogP contribution in [0.4, 0.5) is 0 Å². The zero-order valence-corrected chi connectivity index (χ0v) is 25.9. The molecular weight excluding hydrogens is 552 g/mol. The lowest BCUT2D eigenvalue weighted by Crippen LogP contribution is -2.34. The smallest absolute Gasteiger partial charge is 0.306 e. The number of nitrogens with one attached hydrogen (secondary N) is 2. The number of H-pyrrole nitrogens is 1. The number of aromatic amines is 1. The van der Waals surface area contributed by atoms with Gasteiger partial charge in [0.05, 0.1) is 28.8 Å². The number of benzene rings is 2. The Labute approximate surface area is 251 Å². The summed E-state index contributed by atoms with van der Waals surface area (Å²) >= 11 is 6.81. The van der Waals surface area contributed by atoms with Gasteiger partial charge in [0.15, 0.2) is 0 Å². The number of carboxylic acid groups (broad SMARTS) is 1. The first kappa shape index (κ1) is 29.7. The van der Waals surface area contributed by atoms with Crippen LogP contribution in [0.5, 0.6) is 5.75 Å². The van der Waals surface area contributed by atoms with Crippen LogP contribution in [0.15, 0.2) is 24.3 Å². The van der Waals surface area contributed by atoms with E-state index in [2.05, 4.69) is 48.3 Å². The van der Waals surface area contributed by atoms with Crippen molar-refractivity contribution >= 4 is 34.4 Å². The number of nitrogens with zero attached hydrogens (tertiary/aromatic N) is 2. The van der Waals surface area contributed by atoms with Crippen molar-refractivity contribution in [2.45, 2.75) is 72.8 Å². The van der Waals surface area contributed by atoms with E-state index in [1.54, 1.807) is 0 Å². The van der Waals surface area contributed by atoms with Crippen LogP contribution < -0.4 is 10.1 Å². The number of carbonyl (C=O) groups is 2. The largest absolute Gasteiger partial charge is 0.494 e. The van der Waals surface area contributed by atoms with Crippen molar-refractivity contribution in [2.24, 2.45) is 13.0 Å². The third-order valence-electron chi connectivity index (χ3n) is 8.87. The number of rotatable bonds is 9. The Morgan fingerprint density at radius 2 is 1.83 bits per heavy atom. The minimum atomic E-state index is -0.807. The number of halogens is 1. The summed E-state index contributed by atoms with van der Waals surface area (Å²) in [5.41, 5.74) is 9.44. The van der Waals surface area contributed by atoms with Gasteiger partial charge in [-0.2, -0.15) is 5.10 Å². The molecule has 2 aromatic heterocycles. The Kier molecular flexibility index (Phi) is 8.37. The minimum absolute atomic E-state index is 0.180. The number of hydrogen-bond donors (Lipinski definition) is 3. The molecule has 1 aliphatic rings. The molecule has 5 rings (SSSR count). The number of amides is 1. The van der Waals surface area contributed by atoms with Gasteiger partial charge in [-0.1, -0.05) is 17.7 Å². The number of carbonyl (C=O) groups excluding carboxylic acids is 1. The molecule has 1 aliphatic carbocycles. The molecule has 3 N–H and O–H groups in total. The van der Waals surface area contributed by atoms with Crippen molar-refractivity contribution in [1.29, 1.82) is 0 Å². The van der Waals surface area contributed by atoms with Crippen LogP contribution >= 0.6 is 11.6 Å². The maximum absolute atomic E-state index is 13.7. The molecule has 0 unspecified atom stereocenters. The van der Waals surface area contributed by atoms with E-state index in [1.165, 1.54) is 16.7 Å². The standard InChI is InChI=1S/C33H39ClN4O4/c1-17-14-24(15-18(2)19(17)3)42-13-7-8-25-26-11-12-27(34)29(28-20(4)37-38(6)21(28)5)30(26)36-31(25)32(39)35-23-10-9-22(16-23)33(40)41/h11-12,14-15,22-23,36H,7-10,13,16H2,1-6H3,(H,35,39)(H,40,41)/t22-,23+/m1/s1. The third-order valence-corrected chi connectivity index (χ3v) is 9.19. The molecule has 0 radical (unpaired) electrons. The Bertz CT molecular complexity index is 1660. The quantitative estimate of drug-likeness (QED) is 0.187. The van der Waals surface area contributed by atoms with Crippen LogP contribution in [-0.2, 0) is 18.3 Å². The summed E-state index contributed by atoms with van der Waals surface area (Å²) in [6.45, 7) is 10.7. The van der Waals surface area contributed by atoms with Gasteiger partial charge in [0.1, 0.15) is 11.4 Å². The summed E-state index contributed by atoms with van der Waals surface area (Å²) in [4.78, 5) is 28.6. The molecule has 8 nitrogen and oxygen atoms in total. The lowest BCUT2D eigenvalue weighted by atomic mass is 9.98. The van der Waals surface area contributed by atoms with Gasteiger partial charge < -0.3 is 20.1 Å². The molecule has 0 saturated heterocycles. The fraction of sp³-hybridized carbons (Fsp3) is 0.424. The summed E-state index contributed by atoms with van der Waals surface area (Å²) in [6, 6.07) is 7.79. The van der Waals surface area contributed by atoms with Crippen LogP contribution in [-0.4, -0.2) is 44.4 Å². The van der Waals surface area contributed by atoms with E-state index in [4.69, 9.17) is 16.3 Å². The van der Waals surface area contributed by atoms with Gasteiger partial charge in [-0.25, -0.2) is 0 Å². The SMILES string of the molecule is Cc1cc(OCCCc2c(C(=O)N[C@H]3CC[C@@H](C(=O)O)C3)[nH]c3c(-c4c(C)nn(C)c4C)c(Cl)ccc23)cc(C)c1C. The molecule has 1 saturated carbocycles. The van der Waals surface area contributed by atoms with Crippen molar-refractivity contribution in [1.82, 2.24) is 20.1 Å². The number of carboxylic acids is 1. The first-order valence-corrected chi connectivity index (χ1v) is 14.9. The van der Waals surface area contributed by atoms with Crippen LogP contribution in [0.2, 0.25) is 5.02 Å². The van der Waals surface area contributed by atoms with E-state index in [9.17, 15) is 14.7 Å². The fourth-order valence-corrected chi connectivity index (χ4v) is 6.49. The molecule has 2 atom stereocenters. The topological polar surface area (TPSA) is 109 Å². The predicted octanol–water partition coefficient (Wildman–Crippen LogP) is 6.76. The summed E-state index contributed by atoms with van der Waals surface area (Å²) in [5, 5.41) is 18.6. The molecule has 2 heterocycles. The van der Waals surface area contributed by atoms with Gasteiger partial charge in [-0.3, -0.25) is 14.3 Å². The number of fused-ring (bicyclic) bond motifs is 1. The highest BCUT2D eigenvalue weighted by Gasteiger charge is 2.32. The zero-order chi connectivity index (χ0) is 30.3. The number of aromatic nitrogens is 3. The number of hydrogen-bond acceptors (Lipinski definition) is 4. The van der Waals surface area contributed by atoms with Gasteiger partial charge in [-0.05, 0) is 107 Å².